The summed E-state index contributed by atoms with van der Waals surface area (Å²) >= 11 is 0. The first-order valence-corrected chi connectivity index (χ1v) is 11.5. The highest BCUT2D eigenvalue weighted by atomic mass is 16.5. The molecule has 7 nitrogen and oxygen atoms in total. The number of carbonyl (C=O) groups excluding carboxylic acids is 2. The molecule has 3 aromatic rings. The number of methoxy groups -OCH3 is 1. The van der Waals surface area contributed by atoms with Gasteiger partial charge in [0.05, 0.1) is 31.3 Å². The van der Waals surface area contributed by atoms with Gasteiger partial charge in [0, 0.05) is 18.4 Å². The maximum absolute atomic E-state index is 13.4. The van der Waals surface area contributed by atoms with Crippen molar-refractivity contribution in [2.45, 2.75) is 32.4 Å². The average molecular weight is 459 g/mol. The second-order valence-corrected chi connectivity index (χ2v) is 8.55. The number of nitrogens with zero attached hydrogens (tertiary/aromatic N) is 2. The minimum Gasteiger partial charge on any atom is -0.497 e. The molecule has 0 radical (unpaired) electrons. The van der Waals surface area contributed by atoms with Crippen molar-refractivity contribution < 1.29 is 14.3 Å². The second-order valence-electron chi connectivity index (χ2n) is 8.55. The zero-order valence-electron chi connectivity index (χ0n) is 19.5. The van der Waals surface area contributed by atoms with Gasteiger partial charge in [0.2, 0.25) is 5.91 Å². The first-order chi connectivity index (χ1) is 16.5. The van der Waals surface area contributed by atoms with Crippen LogP contribution in [0.3, 0.4) is 0 Å². The zero-order valence-corrected chi connectivity index (χ0v) is 19.5. The second kappa shape index (κ2) is 10.8. The summed E-state index contributed by atoms with van der Waals surface area (Å²) in [6.07, 6.45) is 3.12. The van der Waals surface area contributed by atoms with E-state index in [-0.39, 0.29) is 23.9 Å². The SMILES string of the molecule is COc1ccc(NC(=O)N2CC(C(=O)NCc3ccccn3)CCC2c2cccc(C)c2)cc1. The number of hydrogen-bond acceptors (Lipinski definition) is 4. The van der Waals surface area contributed by atoms with Crippen LogP contribution < -0.4 is 15.4 Å². The zero-order chi connectivity index (χ0) is 23.9. The minimum absolute atomic E-state index is 0.0596. The van der Waals surface area contributed by atoms with E-state index in [9.17, 15) is 9.59 Å². The largest absolute Gasteiger partial charge is 0.497 e. The van der Waals surface area contributed by atoms with Crippen LogP contribution >= 0.6 is 0 Å². The van der Waals surface area contributed by atoms with Crippen LogP contribution in [-0.4, -0.2) is 35.5 Å². The maximum Gasteiger partial charge on any atom is 0.322 e. The summed E-state index contributed by atoms with van der Waals surface area (Å²) in [5, 5.41) is 5.96. The van der Waals surface area contributed by atoms with Gasteiger partial charge in [0.15, 0.2) is 0 Å². The Balaban J connectivity index is 1.49. The number of aromatic nitrogens is 1. The van der Waals surface area contributed by atoms with E-state index in [4.69, 9.17) is 4.74 Å². The van der Waals surface area contributed by atoms with Gasteiger partial charge in [-0.05, 0) is 61.7 Å². The van der Waals surface area contributed by atoms with E-state index < -0.39 is 0 Å². The Morgan fingerprint density at radius 3 is 2.59 bits per heavy atom. The van der Waals surface area contributed by atoms with Crippen molar-refractivity contribution in [3.8, 4) is 5.75 Å². The van der Waals surface area contributed by atoms with Crippen molar-refractivity contribution in [3.05, 3.63) is 89.7 Å². The number of aryl methyl sites for hydroxylation is 1. The number of urea groups is 1. The molecule has 34 heavy (non-hydrogen) atoms. The van der Waals surface area contributed by atoms with Gasteiger partial charge in [-0.1, -0.05) is 35.9 Å². The molecule has 0 aliphatic carbocycles. The number of ether oxygens (including phenoxy) is 1. The van der Waals surface area contributed by atoms with E-state index in [1.807, 2.05) is 43.3 Å². The lowest BCUT2D eigenvalue weighted by Gasteiger charge is -2.39. The fourth-order valence-corrected chi connectivity index (χ4v) is 4.33. The molecule has 4 rings (SSSR count). The van der Waals surface area contributed by atoms with Crippen LogP contribution in [-0.2, 0) is 11.3 Å². The van der Waals surface area contributed by atoms with Gasteiger partial charge >= 0.3 is 6.03 Å². The molecule has 2 unspecified atom stereocenters. The lowest BCUT2D eigenvalue weighted by molar-refractivity contribution is -0.126. The Kier molecular flexibility index (Phi) is 7.42. The summed E-state index contributed by atoms with van der Waals surface area (Å²) in [6, 6.07) is 20.7. The quantitative estimate of drug-likeness (QED) is 0.561. The number of nitrogens with one attached hydrogen (secondary N) is 2. The molecule has 1 aromatic heterocycles. The predicted octanol–water partition coefficient (Wildman–Crippen LogP) is 4.70. The van der Waals surface area contributed by atoms with E-state index in [1.54, 1.807) is 42.5 Å². The lowest BCUT2D eigenvalue weighted by Crippen LogP contribution is -2.48. The normalized spacial score (nSPS) is 17.6. The van der Waals surface area contributed by atoms with Crippen LogP contribution in [0, 0.1) is 12.8 Å². The number of anilines is 1. The van der Waals surface area contributed by atoms with Crippen LogP contribution in [0.5, 0.6) is 5.75 Å². The molecule has 2 aromatic carbocycles. The monoisotopic (exact) mass is 458 g/mol. The van der Waals surface area contributed by atoms with Crippen LogP contribution in [0.25, 0.3) is 0 Å². The first kappa shape index (κ1) is 23.3. The molecule has 2 atom stereocenters. The van der Waals surface area contributed by atoms with Crippen LogP contribution in [0.15, 0.2) is 72.9 Å². The summed E-state index contributed by atoms with van der Waals surface area (Å²) in [6.45, 7) is 2.76. The standard InChI is InChI=1S/C27H30N4O3/c1-19-6-5-7-20(16-19)25-14-9-21(26(32)29-17-23-8-3-4-15-28-23)18-31(25)27(33)30-22-10-12-24(34-2)13-11-22/h3-8,10-13,15-16,21,25H,9,14,17-18H2,1-2H3,(H,29,32)(H,30,33). The average Bonchev–Trinajstić information content (AvgIpc) is 2.88. The Morgan fingerprint density at radius 2 is 1.88 bits per heavy atom. The summed E-state index contributed by atoms with van der Waals surface area (Å²) in [5.41, 5.74) is 3.70. The van der Waals surface area contributed by atoms with E-state index in [2.05, 4.69) is 21.7 Å². The molecule has 176 valence electrons. The lowest BCUT2D eigenvalue weighted by atomic mass is 9.88. The molecule has 0 bridgehead atoms. The predicted molar refractivity (Wildman–Crippen MR) is 131 cm³/mol. The Labute approximate surface area is 200 Å². The number of benzene rings is 2. The summed E-state index contributed by atoms with van der Waals surface area (Å²) in [5.74, 6) is 0.375. The molecule has 2 N–H and O–H groups in total. The highest BCUT2D eigenvalue weighted by Crippen LogP contribution is 2.34. The molecule has 1 aliphatic heterocycles. The van der Waals surface area contributed by atoms with Crippen molar-refractivity contribution in [3.63, 3.8) is 0 Å². The van der Waals surface area contributed by atoms with Gasteiger partial charge in [-0.3, -0.25) is 9.78 Å². The number of rotatable bonds is 6. The van der Waals surface area contributed by atoms with Gasteiger partial charge < -0.3 is 20.3 Å². The smallest absolute Gasteiger partial charge is 0.322 e. The highest BCUT2D eigenvalue weighted by Gasteiger charge is 2.35. The van der Waals surface area contributed by atoms with Gasteiger partial charge in [-0.2, -0.15) is 0 Å². The number of amides is 3. The molecule has 0 saturated carbocycles. The minimum atomic E-state index is -0.286. The Hall–Kier alpha value is -3.87. The highest BCUT2D eigenvalue weighted by molar-refractivity contribution is 5.90. The molecule has 0 spiro atoms. The van der Waals surface area contributed by atoms with Gasteiger partial charge in [-0.15, -0.1) is 0 Å². The fourth-order valence-electron chi connectivity index (χ4n) is 4.33. The molecule has 1 aliphatic rings. The van der Waals surface area contributed by atoms with Gasteiger partial charge in [-0.25, -0.2) is 4.79 Å². The third-order valence-corrected chi connectivity index (χ3v) is 6.15. The third-order valence-electron chi connectivity index (χ3n) is 6.15. The third kappa shape index (κ3) is 5.73. The van der Waals surface area contributed by atoms with Crippen LogP contribution in [0.1, 0.15) is 35.7 Å². The number of hydrogen-bond donors (Lipinski definition) is 2. The Morgan fingerprint density at radius 1 is 1.06 bits per heavy atom. The topological polar surface area (TPSA) is 83.6 Å². The van der Waals surface area contributed by atoms with Gasteiger partial charge in [0.1, 0.15) is 5.75 Å². The Bertz CT molecular complexity index is 1120. The number of pyridine rings is 1. The van der Waals surface area contributed by atoms with E-state index in [0.29, 0.717) is 31.6 Å². The van der Waals surface area contributed by atoms with E-state index in [0.717, 1.165) is 22.6 Å². The van der Waals surface area contributed by atoms with E-state index in [1.165, 1.54) is 0 Å². The van der Waals surface area contributed by atoms with Crippen molar-refractivity contribution in [1.82, 2.24) is 15.2 Å². The van der Waals surface area contributed by atoms with Crippen LogP contribution in [0.4, 0.5) is 10.5 Å². The summed E-state index contributed by atoms with van der Waals surface area (Å²) in [4.78, 5) is 32.4. The molecular formula is C27H30N4O3. The number of likely N-dealkylation sites (tertiary alicyclic amines) is 1. The molecular weight excluding hydrogens is 428 g/mol. The van der Waals surface area contributed by atoms with Gasteiger partial charge in [0.25, 0.3) is 0 Å². The van der Waals surface area contributed by atoms with Crippen molar-refractivity contribution in [2.75, 3.05) is 19.0 Å². The fraction of sp³-hybridized carbons (Fsp3) is 0.296. The van der Waals surface area contributed by atoms with Crippen LogP contribution in [0.2, 0.25) is 0 Å². The molecule has 1 saturated heterocycles. The van der Waals surface area contributed by atoms with Crippen molar-refractivity contribution in [1.29, 1.82) is 0 Å². The first-order valence-electron chi connectivity index (χ1n) is 11.5. The summed E-state index contributed by atoms with van der Waals surface area (Å²) in [7, 11) is 1.60. The maximum atomic E-state index is 13.4. The summed E-state index contributed by atoms with van der Waals surface area (Å²) < 4.78 is 5.20. The molecule has 3 amide bonds. The molecule has 7 heteroatoms. The van der Waals surface area contributed by atoms with Crippen molar-refractivity contribution in [2.24, 2.45) is 5.92 Å². The van der Waals surface area contributed by atoms with Crippen molar-refractivity contribution >= 4 is 17.6 Å². The number of carbonyl (C=O) groups is 2. The molecule has 2 heterocycles. The molecule has 1 fully saturated rings. The number of piperidine rings is 1. The van der Waals surface area contributed by atoms with E-state index >= 15 is 0 Å².